The van der Waals surface area contributed by atoms with E-state index in [0.29, 0.717) is 11.3 Å². The molecule has 4 nitrogen and oxygen atoms in total. The highest BCUT2D eigenvalue weighted by Crippen LogP contribution is 2.31. The van der Waals surface area contributed by atoms with Crippen molar-refractivity contribution in [2.75, 3.05) is 0 Å². The van der Waals surface area contributed by atoms with Crippen LogP contribution in [0.2, 0.25) is 0 Å². The number of ether oxygens (including phenoxy) is 1. The van der Waals surface area contributed by atoms with Crippen LogP contribution in [-0.4, -0.2) is 23.2 Å². The van der Waals surface area contributed by atoms with Gasteiger partial charge in [-0.25, -0.2) is 4.79 Å². The first-order chi connectivity index (χ1) is 9.08. The fraction of sp³-hybridized carbons (Fsp3) is 0.688. The number of nitrogens with one attached hydrogen (secondary N) is 1. The standard InChI is InChI=1S/C16H25NO3/c1-10-7-13(11(2)19-10)14(18)20-12-8-15(3,4)17-16(5,6)9-12/h7,12,17H,8-9H2,1-6H3. The van der Waals surface area contributed by atoms with Crippen LogP contribution in [0, 0.1) is 13.8 Å². The van der Waals surface area contributed by atoms with Crippen molar-refractivity contribution < 1.29 is 13.9 Å². The molecule has 1 aliphatic rings. The summed E-state index contributed by atoms with van der Waals surface area (Å²) in [6, 6.07) is 1.75. The summed E-state index contributed by atoms with van der Waals surface area (Å²) in [6.45, 7) is 12.2. The lowest BCUT2D eigenvalue weighted by molar-refractivity contribution is -0.00650. The molecule has 2 rings (SSSR count). The van der Waals surface area contributed by atoms with Crippen molar-refractivity contribution in [3.05, 3.63) is 23.2 Å². The molecule has 1 aliphatic heterocycles. The maximum absolute atomic E-state index is 12.3. The third-order valence-electron chi connectivity index (χ3n) is 3.69. The van der Waals surface area contributed by atoms with Crippen molar-refractivity contribution in [1.82, 2.24) is 5.32 Å². The van der Waals surface area contributed by atoms with Crippen LogP contribution in [-0.2, 0) is 4.74 Å². The van der Waals surface area contributed by atoms with Crippen LogP contribution in [0.4, 0.5) is 0 Å². The number of piperidine rings is 1. The molecule has 0 unspecified atom stereocenters. The van der Waals surface area contributed by atoms with Crippen molar-refractivity contribution in [3.63, 3.8) is 0 Å². The molecule has 1 saturated heterocycles. The predicted octanol–water partition coefficient (Wildman–Crippen LogP) is 3.36. The summed E-state index contributed by atoms with van der Waals surface area (Å²) < 4.78 is 11.1. The zero-order valence-electron chi connectivity index (χ0n) is 13.3. The first-order valence-electron chi connectivity index (χ1n) is 7.15. The zero-order valence-corrected chi connectivity index (χ0v) is 13.3. The molecule has 1 aromatic rings. The molecule has 0 amide bonds. The van der Waals surface area contributed by atoms with Crippen LogP contribution in [0.15, 0.2) is 10.5 Å². The van der Waals surface area contributed by atoms with E-state index in [9.17, 15) is 4.79 Å². The number of hydrogen-bond acceptors (Lipinski definition) is 4. The Hall–Kier alpha value is -1.29. The maximum Gasteiger partial charge on any atom is 0.341 e. The lowest BCUT2D eigenvalue weighted by Gasteiger charge is -2.45. The third kappa shape index (κ3) is 3.42. The molecule has 1 aromatic heterocycles. The van der Waals surface area contributed by atoms with Crippen LogP contribution in [0.25, 0.3) is 0 Å². The Morgan fingerprint density at radius 2 is 1.80 bits per heavy atom. The van der Waals surface area contributed by atoms with E-state index >= 15 is 0 Å². The quantitative estimate of drug-likeness (QED) is 0.843. The highest BCUT2D eigenvalue weighted by Gasteiger charge is 2.39. The highest BCUT2D eigenvalue weighted by molar-refractivity contribution is 5.90. The number of esters is 1. The Kier molecular flexibility index (Phi) is 3.71. The first kappa shape index (κ1) is 15.1. The van der Waals surface area contributed by atoms with E-state index in [1.807, 2.05) is 6.92 Å². The van der Waals surface area contributed by atoms with E-state index in [1.165, 1.54) is 0 Å². The SMILES string of the molecule is Cc1cc(C(=O)OC2CC(C)(C)NC(C)(C)C2)c(C)o1. The molecule has 2 heterocycles. The molecule has 1 fully saturated rings. The van der Waals surface area contributed by atoms with Crippen LogP contribution < -0.4 is 5.32 Å². The molecular formula is C16H25NO3. The van der Waals surface area contributed by atoms with Gasteiger partial charge in [-0.2, -0.15) is 0 Å². The average molecular weight is 279 g/mol. The fourth-order valence-electron chi connectivity index (χ4n) is 3.36. The maximum atomic E-state index is 12.3. The summed E-state index contributed by atoms with van der Waals surface area (Å²) in [5, 5.41) is 3.58. The normalized spacial score (nSPS) is 21.7. The molecule has 0 spiro atoms. The number of carbonyl (C=O) groups excluding carboxylic acids is 1. The van der Waals surface area contributed by atoms with E-state index in [4.69, 9.17) is 9.15 Å². The van der Waals surface area contributed by atoms with Gasteiger partial charge < -0.3 is 14.5 Å². The largest absolute Gasteiger partial charge is 0.466 e. The molecule has 0 bridgehead atoms. The van der Waals surface area contributed by atoms with Gasteiger partial charge in [-0.3, -0.25) is 0 Å². The monoisotopic (exact) mass is 279 g/mol. The second-order valence-electron chi connectivity index (χ2n) is 7.16. The number of hydrogen-bond donors (Lipinski definition) is 1. The molecule has 0 saturated carbocycles. The molecule has 20 heavy (non-hydrogen) atoms. The summed E-state index contributed by atoms with van der Waals surface area (Å²) in [5.41, 5.74) is 0.471. The van der Waals surface area contributed by atoms with E-state index in [0.717, 1.165) is 18.6 Å². The van der Waals surface area contributed by atoms with E-state index in [1.54, 1.807) is 13.0 Å². The van der Waals surface area contributed by atoms with Gasteiger partial charge in [-0.1, -0.05) is 0 Å². The van der Waals surface area contributed by atoms with Gasteiger partial charge in [-0.15, -0.1) is 0 Å². The topological polar surface area (TPSA) is 51.5 Å². The van der Waals surface area contributed by atoms with Crippen molar-refractivity contribution in [2.45, 2.75) is 71.6 Å². The van der Waals surface area contributed by atoms with Gasteiger partial charge in [0.15, 0.2) is 0 Å². The van der Waals surface area contributed by atoms with Gasteiger partial charge in [0, 0.05) is 23.9 Å². The average Bonchev–Trinajstić information content (AvgIpc) is 2.52. The molecule has 1 N–H and O–H groups in total. The van der Waals surface area contributed by atoms with Crippen molar-refractivity contribution in [2.24, 2.45) is 0 Å². The summed E-state index contributed by atoms with van der Waals surface area (Å²) in [4.78, 5) is 12.3. The summed E-state index contributed by atoms with van der Waals surface area (Å²) in [6.07, 6.45) is 1.57. The molecule has 0 aliphatic carbocycles. The third-order valence-corrected chi connectivity index (χ3v) is 3.69. The Balaban J connectivity index is 2.09. The molecular weight excluding hydrogens is 254 g/mol. The molecule has 4 heteroatoms. The number of carbonyl (C=O) groups is 1. The predicted molar refractivity (Wildman–Crippen MR) is 77.9 cm³/mol. The van der Waals surface area contributed by atoms with Crippen LogP contribution in [0.1, 0.15) is 62.4 Å². The lowest BCUT2D eigenvalue weighted by atomic mass is 9.81. The van der Waals surface area contributed by atoms with Crippen molar-refractivity contribution in [3.8, 4) is 0 Å². The zero-order chi connectivity index (χ0) is 15.1. The van der Waals surface area contributed by atoms with Gasteiger partial charge in [0.05, 0.1) is 0 Å². The molecule has 0 aromatic carbocycles. The minimum Gasteiger partial charge on any atom is -0.466 e. The molecule has 0 atom stereocenters. The number of rotatable bonds is 2. The van der Waals surface area contributed by atoms with Gasteiger partial charge in [0.25, 0.3) is 0 Å². The van der Waals surface area contributed by atoms with Gasteiger partial charge in [-0.05, 0) is 47.6 Å². The first-order valence-corrected chi connectivity index (χ1v) is 7.15. The Morgan fingerprint density at radius 1 is 1.25 bits per heavy atom. The van der Waals surface area contributed by atoms with Crippen LogP contribution >= 0.6 is 0 Å². The van der Waals surface area contributed by atoms with Crippen molar-refractivity contribution in [1.29, 1.82) is 0 Å². The molecule has 112 valence electrons. The Bertz CT molecular complexity index is 498. The van der Waals surface area contributed by atoms with E-state index in [2.05, 4.69) is 33.0 Å². The van der Waals surface area contributed by atoms with Crippen LogP contribution in [0.5, 0.6) is 0 Å². The van der Waals surface area contributed by atoms with Crippen molar-refractivity contribution >= 4 is 5.97 Å². The second-order valence-corrected chi connectivity index (χ2v) is 7.16. The second kappa shape index (κ2) is 4.92. The highest BCUT2D eigenvalue weighted by atomic mass is 16.5. The number of furan rings is 1. The summed E-state index contributed by atoms with van der Waals surface area (Å²) in [5.74, 6) is 1.08. The van der Waals surface area contributed by atoms with Gasteiger partial charge in [0.2, 0.25) is 0 Å². The minimum atomic E-state index is -0.280. The summed E-state index contributed by atoms with van der Waals surface area (Å²) in [7, 11) is 0. The Morgan fingerprint density at radius 3 is 2.25 bits per heavy atom. The van der Waals surface area contributed by atoms with Gasteiger partial charge >= 0.3 is 5.97 Å². The fourth-order valence-corrected chi connectivity index (χ4v) is 3.36. The van der Waals surface area contributed by atoms with Gasteiger partial charge in [0.1, 0.15) is 23.2 Å². The molecule has 0 radical (unpaired) electrons. The minimum absolute atomic E-state index is 0.0337. The lowest BCUT2D eigenvalue weighted by Crippen LogP contribution is -2.59. The Labute approximate surface area is 120 Å². The summed E-state index contributed by atoms with van der Waals surface area (Å²) >= 11 is 0. The van der Waals surface area contributed by atoms with Crippen LogP contribution in [0.3, 0.4) is 0 Å². The smallest absolute Gasteiger partial charge is 0.341 e. The van der Waals surface area contributed by atoms with E-state index in [-0.39, 0.29) is 23.2 Å². The number of aryl methyl sites for hydroxylation is 2. The van der Waals surface area contributed by atoms with E-state index < -0.39 is 0 Å².